The molecule has 1 atom stereocenters. The molecule has 3 rings (SSSR count). The fourth-order valence-electron chi connectivity index (χ4n) is 1.96. The maximum Gasteiger partial charge on any atom is 0.151 e. The molecule has 0 amide bonds. The normalized spacial score (nSPS) is 20.1. The lowest BCUT2D eigenvalue weighted by molar-refractivity contribution is 0.531. The molecule has 0 radical (unpaired) electrons. The topological polar surface area (TPSA) is 24.9 Å². The number of para-hydroxylation sites is 1. The van der Waals surface area contributed by atoms with Gasteiger partial charge in [-0.1, -0.05) is 23.9 Å². The number of aromatic nitrogens is 1. The molecule has 2 nitrogen and oxygen atoms in total. The molecule has 17 heavy (non-hydrogen) atoms. The number of thioether (sulfide) groups is 1. The molecule has 0 spiro atoms. The second-order valence-corrected chi connectivity index (χ2v) is 6.61. The second kappa shape index (κ2) is 6.05. The van der Waals surface area contributed by atoms with Crippen LogP contribution in [0.1, 0.15) is 12.8 Å². The first-order valence-corrected chi connectivity index (χ1v) is 7.34. The Labute approximate surface area is 116 Å². The van der Waals surface area contributed by atoms with Gasteiger partial charge in [-0.15, -0.1) is 23.7 Å². The van der Waals surface area contributed by atoms with E-state index in [0.29, 0.717) is 5.25 Å². The van der Waals surface area contributed by atoms with Gasteiger partial charge in [0.15, 0.2) is 4.34 Å². The van der Waals surface area contributed by atoms with Gasteiger partial charge >= 0.3 is 0 Å². The number of hydrogen-bond acceptors (Lipinski definition) is 4. The van der Waals surface area contributed by atoms with E-state index in [4.69, 9.17) is 0 Å². The molecular formula is C12H15ClN2S2. The van der Waals surface area contributed by atoms with E-state index in [2.05, 4.69) is 34.6 Å². The van der Waals surface area contributed by atoms with E-state index in [1.807, 2.05) is 23.1 Å². The van der Waals surface area contributed by atoms with Crippen molar-refractivity contribution in [3.63, 3.8) is 0 Å². The molecule has 1 saturated heterocycles. The van der Waals surface area contributed by atoms with Gasteiger partial charge in [-0.25, -0.2) is 4.98 Å². The van der Waals surface area contributed by atoms with Crippen molar-refractivity contribution in [2.24, 2.45) is 0 Å². The Morgan fingerprint density at radius 3 is 3.00 bits per heavy atom. The molecule has 0 bridgehead atoms. The SMILES string of the molecule is Cl.c1ccc2sc(SC3CCCNC3)nc2c1. The lowest BCUT2D eigenvalue weighted by Gasteiger charge is -2.20. The Bertz CT molecular complexity index is 447. The van der Waals surface area contributed by atoms with Crippen LogP contribution < -0.4 is 5.32 Å². The quantitative estimate of drug-likeness (QED) is 0.914. The van der Waals surface area contributed by atoms with Crippen molar-refractivity contribution in [1.82, 2.24) is 10.3 Å². The van der Waals surface area contributed by atoms with Crippen molar-refractivity contribution in [3.05, 3.63) is 24.3 Å². The Balaban J connectivity index is 0.00000108. The average Bonchev–Trinajstić information content (AvgIpc) is 2.72. The number of piperidine rings is 1. The summed E-state index contributed by atoms with van der Waals surface area (Å²) in [6.07, 6.45) is 2.61. The highest BCUT2D eigenvalue weighted by atomic mass is 35.5. The number of nitrogens with zero attached hydrogens (tertiary/aromatic N) is 1. The minimum atomic E-state index is 0. The molecule has 1 aliphatic heterocycles. The zero-order chi connectivity index (χ0) is 10.8. The van der Waals surface area contributed by atoms with Crippen LogP contribution in [0.5, 0.6) is 0 Å². The molecule has 1 aromatic carbocycles. The maximum absolute atomic E-state index is 4.66. The van der Waals surface area contributed by atoms with E-state index in [1.54, 1.807) is 0 Å². The monoisotopic (exact) mass is 286 g/mol. The largest absolute Gasteiger partial charge is 0.316 e. The van der Waals surface area contributed by atoms with E-state index in [-0.39, 0.29) is 12.4 Å². The third-order valence-corrected chi connectivity index (χ3v) is 5.19. The van der Waals surface area contributed by atoms with E-state index in [0.717, 1.165) is 12.1 Å². The highest BCUT2D eigenvalue weighted by Crippen LogP contribution is 2.33. The van der Waals surface area contributed by atoms with Crippen LogP contribution in [0.2, 0.25) is 0 Å². The molecule has 1 unspecified atom stereocenters. The second-order valence-electron chi connectivity index (χ2n) is 4.03. The van der Waals surface area contributed by atoms with Crippen LogP contribution in [-0.4, -0.2) is 23.3 Å². The summed E-state index contributed by atoms with van der Waals surface area (Å²) in [6.45, 7) is 2.30. The summed E-state index contributed by atoms with van der Waals surface area (Å²) in [5.74, 6) is 0. The predicted octanol–water partition coefficient (Wildman–Crippen LogP) is 3.56. The van der Waals surface area contributed by atoms with Crippen LogP contribution in [0.4, 0.5) is 0 Å². The third-order valence-electron chi connectivity index (χ3n) is 2.79. The number of nitrogens with one attached hydrogen (secondary N) is 1. The van der Waals surface area contributed by atoms with Crippen molar-refractivity contribution in [3.8, 4) is 0 Å². The van der Waals surface area contributed by atoms with E-state index < -0.39 is 0 Å². The average molecular weight is 287 g/mol. The standard InChI is InChI=1S/C12H14N2S2.ClH/c1-2-6-11-10(5-1)14-12(16-11)15-9-4-3-7-13-8-9;/h1-2,5-6,9,13H,3-4,7-8H2;1H. The zero-order valence-electron chi connectivity index (χ0n) is 9.39. The molecule has 2 heterocycles. The number of hydrogen-bond donors (Lipinski definition) is 1. The van der Waals surface area contributed by atoms with Crippen molar-refractivity contribution >= 4 is 45.7 Å². The first-order valence-electron chi connectivity index (χ1n) is 5.65. The molecule has 2 aromatic rings. The summed E-state index contributed by atoms with van der Waals surface area (Å²) in [7, 11) is 0. The summed E-state index contributed by atoms with van der Waals surface area (Å²) in [5.41, 5.74) is 1.14. The number of fused-ring (bicyclic) bond motifs is 1. The lowest BCUT2D eigenvalue weighted by atomic mass is 10.2. The smallest absolute Gasteiger partial charge is 0.151 e. The van der Waals surface area contributed by atoms with Crippen molar-refractivity contribution in [2.75, 3.05) is 13.1 Å². The van der Waals surface area contributed by atoms with Gasteiger partial charge in [0, 0.05) is 11.8 Å². The van der Waals surface area contributed by atoms with Gasteiger partial charge in [0.2, 0.25) is 0 Å². The Morgan fingerprint density at radius 2 is 2.24 bits per heavy atom. The molecule has 1 fully saturated rings. The Kier molecular flexibility index (Phi) is 4.68. The molecule has 92 valence electrons. The predicted molar refractivity (Wildman–Crippen MR) is 78.6 cm³/mol. The molecule has 1 aliphatic rings. The maximum atomic E-state index is 4.66. The summed E-state index contributed by atoms with van der Waals surface area (Å²) in [5, 5.41) is 4.15. The molecule has 1 aromatic heterocycles. The molecular weight excluding hydrogens is 272 g/mol. The van der Waals surface area contributed by atoms with Crippen LogP contribution in [0.3, 0.4) is 0 Å². The van der Waals surface area contributed by atoms with Crippen LogP contribution in [0.15, 0.2) is 28.6 Å². The number of benzene rings is 1. The van der Waals surface area contributed by atoms with Gasteiger partial charge in [0.1, 0.15) is 0 Å². The van der Waals surface area contributed by atoms with Crippen molar-refractivity contribution in [2.45, 2.75) is 22.4 Å². The van der Waals surface area contributed by atoms with Gasteiger partial charge in [0.05, 0.1) is 10.2 Å². The van der Waals surface area contributed by atoms with Crippen LogP contribution >= 0.6 is 35.5 Å². The van der Waals surface area contributed by atoms with E-state index >= 15 is 0 Å². The number of halogens is 1. The highest BCUT2D eigenvalue weighted by Gasteiger charge is 2.16. The molecule has 5 heteroatoms. The fraction of sp³-hybridized carbons (Fsp3) is 0.417. The first-order chi connectivity index (χ1) is 7.92. The number of rotatable bonds is 2. The van der Waals surface area contributed by atoms with Gasteiger partial charge < -0.3 is 5.32 Å². The van der Waals surface area contributed by atoms with Crippen LogP contribution in [-0.2, 0) is 0 Å². The number of thiazole rings is 1. The lowest BCUT2D eigenvalue weighted by Crippen LogP contribution is -2.31. The Hall–Kier alpha value is -0.290. The van der Waals surface area contributed by atoms with E-state index in [9.17, 15) is 0 Å². The van der Waals surface area contributed by atoms with Crippen molar-refractivity contribution in [1.29, 1.82) is 0 Å². The summed E-state index contributed by atoms with van der Waals surface area (Å²) in [6, 6.07) is 8.38. The molecule has 0 aliphatic carbocycles. The molecule has 0 saturated carbocycles. The van der Waals surface area contributed by atoms with E-state index in [1.165, 1.54) is 28.4 Å². The van der Waals surface area contributed by atoms with Gasteiger partial charge in [-0.3, -0.25) is 0 Å². The van der Waals surface area contributed by atoms with Gasteiger partial charge in [-0.2, -0.15) is 0 Å². The fourth-order valence-corrected chi connectivity index (χ4v) is 4.45. The minimum absolute atomic E-state index is 0. The summed E-state index contributed by atoms with van der Waals surface area (Å²) >= 11 is 3.75. The van der Waals surface area contributed by atoms with Crippen LogP contribution in [0, 0.1) is 0 Å². The molecule has 1 N–H and O–H groups in total. The van der Waals surface area contributed by atoms with Crippen molar-refractivity contribution < 1.29 is 0 Å². The highest BCUT2D eigenvalue weighted by molar-refractivity contribution is 8.01. The van der Waals surface area contributed by atoms with Gasteiger partial charge in [0.25, 0.3) is 0 Å². The van der Waals surface area contributed by atoms with Crippen LogP contribution in [0.25, 0.3) is 10.2 Å². The summed E-state index contributed by atoms with van der Waals surface area (Å²) in [4.78, 5) is 4.66. The van der Waals surface area contributed by atoms with Gasteiger partial charge in [-0.05, 0) is 31.5 Å². The minimum Gasteiger partial charge on any atom is -0.316 e. The first kappa shape index (κ1) is 13.1. The zero-order valence-corrected chi connectivity index (χ0v) is 11.8. The Morgan fingerprint density at radius 1 is 1.35 bits per heavy atom. The third kappa shape index (κ3) is 3.13. The summed E-state index contributed by atoms with van der Waals surface area (Å²) < 4.78 is 2.52.